The van der Waals surface area contributed by atoms with E-state index in [-0.39, 0.29) is 12.5 Å². The van der Waals surface area contributed by atoms with Gasteiger partial charge in [0.25, 0.3) is 0 Å². The Morgan fingerprint density at radius 1 is 1.25 bits per heavy atom. The molecule has 0 radical (unpaired) electrons. The Balaban J connectivity index is 2.23. The molecule has 1 N–H and O–H groups in total. The van der Waals surface area contributed by atoms with Gasteiger partial charge < -0.3 is 10.0 Å². The predicted octanol–water partition coefficient (Wildman–Crippen LogP) is 4.10. The number of anilines is 1. The standard InChI is InChI=1S/C16H19NO2S/c1-12-8-9-15(20-12)13(2)17(11-10-16(18)19)14-6-4-3-5-7-14/h3-9,13H,10-11H2,1-2H3,(H,18,19). The van der Waals surface area contributed by atoms with Crippen molar-refractivity contribution in [1.82, 2.24) is 0 Å². The van der Waals surface area contributed by atoms with Gasteiger partial charge in [-0.05, 0) is 38.1 Å². The van der Waals surface area contributed by atoms with Gasteiger partial charge in [-0.3, -0.25) is 4.79 Å². The summed E-state index contributed by atoms with van der Waals surface area (Å²) < 4.78 is 0. The van der Waals surface area contributed by atoms with Crippen molar-refractivity contribution in [3.63, 3.8) is 0 Å². The van der Waals surface area contributed by atoms with Crippen molar-refractivity contribution in [1.29, 1.82) is 0 Å². The molecule has 1 aromatic carbocycles. The Morgan fingerprint density at radius 3 is 2.50 bits per heavy atom. The van der Waals surface area contributed by atoms with Crippen molar-refractivity contribution in [3.8, 4) is 0 Å². The molecule has 0 fully saturated rings. The van der Waals surface area contributed by atoms with E-state index in [0.29, 0.717) is 6.54 Å². The van der Waals surface area contributed by atoms with Gasteiger partial charge in [-0.15, -0.1) is 11.3 Å². The van der Waals surface area contributed by atoms with E-state index in [1.54, 1.807) is 11.3 Å². The normalized spacial score (nSPS) is 12.1. The third-order valence-electron chi connectivity index (χ3n) is 3.29. The van der Waals surface area contributed by atoms with Crippen LogP contribution in [0.5, 0.6) is 0 Å². The summed E-state index contributed by atoms with van der Waals surface area (Å²) in [6, 6.07) is 14.4. The number of aliphatic carboxylic acids is 1. The molecule has 20 heavy (non-hydrogen) atoms. The van der Waals surface area contributed by atoms with Crippen molar-refractivity contribution in [2.45, 2.75) is 26.3 Å². The first-order valence-electron chi connectivity index (χ1n) is 6.67. The van der Waals surface area contributed by atoms with E-state index < -0.39 is 5.97 Å². The van der Waals surface area contributed by atoms with Crippen molar-refractivity contribution in [3.05, 3.63) is 52.2 Å². The van der Waals surface area contributed by atoms with Gasteiger partial charge in [0, 0.05) is 22.0 Å². The fourth-order valence-electron chi connectivity index (χ4n) is 2.21. The number of hydrogen-bond donors (Lipinski definition) is 1. The number of para-hydroxylation sites is 1. The molecule has 0 aliphatic heterocycles. The smallest absolute Gasteiger partial charge is 0.305 e. The predicted molar refractivity (Wildman–Crippen MR) is 83.5 cm³/mol. The Morgan fingerprint density at radius 2 is 1.95 bits per heavy atom. The molecule has 0 amide bonds. The van der Waals surface area contributed by atoms with E-state index in [9.17, 15) is 4.79 Å². The third-order valence-corrected chi connectivity index (χ3v) is 4.47. The second kappa shape index (κ2) is 6.57. The van der Waals surface area contributed by atoms with Gasteiger partial charge in [0.2, 0.25) is 0 Å². The first kappa shape index (κ1) is 14.6. The minimum atomic E-state index is -0.763. The second-order valence-electron chi connectivity index (χ2n) is 4.80. The Bertz CT molecular complexity index is 565. The summed E-state index contributed by atoms with van der Waals surface area (Å²) in [5, 5.41) is 8.94. The zero-order valence-corrected chi connectivity index (χ0v) is 12.6. The van der Waals surface area contributed by atoms with E-state index in [1.165, 1.54) is 9.75 Å². The summed E-state index contributed by atoms with van der Waals surface area (Å²) in [4.78, 5) is 15.6. The van der Waals surface area contributed by atoms with Crippen LogP contribution in [0.2, 0.25) is 0 Å². The van der Waals surface area contributed by atoms with Crippen LogP contribution in [0.3, 0.4) is 0 Å². The summed E-state index contributed by atoms with van der Waals surface area (Å²) >= 11 is 1.76. The minimum absolute atomic E-state index is 0.142. The number of aryl methyl sites for hydroxylation is 1. The lowest BCUT2D eigenvalue weighted by Crippen LogP contribution is -2.28. The van der Waals surface area contributed by atoms with Gasteiger partial charge in [0.15, 0.2) is 0 Å². The molecule has 4 heteroatoms. The monoisotopic (exact) mass is 289 g/mol. The summed E-state index contributed by atoms with van der Waals surface area (Å²) in [6.45, 7) is 4.72. The molecule has 2 aromatic rings. The third kappa shape index (κ3) is 3.61. The molecule has 0 saturated heterocycles. The topological polar surface area (TPSA) is 40.5 Å². The molecule has 1 aromatic heterocycles. The molecule has 1 unspecified atom stereocenters. The highest BCUT2D eigenvalue weighted by molar-refractivity contribution is 7.12. The molecule has 0 saturated carbocycles. The van der Waals surface area contributed by atoms with Gasteiger partial charge in [-0.2, -0.15) is 0 Å². The molecule has 106 valence electrons. The zero-order valence-electron chi connectivity index (χ0n) is 11.7. The number of hydrogen-bond acceptors (Lipinski definition) is 3. The highest BCUT2D eigenvalue weighted by Crippen LogP contribution is 2.31. The molecule has 1 heterocycles. The van der Waals surface area contributed by atoms with Crippen LogP contribution in [0.15, 0.2) is 42.5 Å². The fourth-order valence-corrected chi connectivity index (χ4v) is 3.16. The lowest BCUT2D eigenvalue weighted by molar-refractivity contribution is -0.136. The van der Waals surface area contributed by atoms with Crippen molar-refractivity contribution < 1.29 is 9.90 Å². The van der Waals surface area contributed by atoms with E-state index >= 15 is 0 Å². The van der Waals surface area contributed by atoms with Gasteiger partial charge in [-0.25, -0.2) is 0 Å². The van der Waals surface area contributed by atoms with E-state index in [0.717, 1.165) is 5.69 Å². The lowest BCUT2D eigenvalue weighted by atomic mass is 10.1. The van der Waals surface area contributed by atoms with E-state index in [2.05, 4.69) is 30.9 Å². The molecule has 1 atom stereocenters. The Kier molecular flexibility index (Phi) is 4.79. The van der Waals surface area contributed by atoms with Crippen molar-refractivity contribution in [2.24, 2.45) is 0 Å². The van der Waals surface area contributed by atoms with Crippen LogP contribution in [0, 0.1) is 6.92 Å². The number of carboxylic acids is 1. The van der Waals surface area contributed by atoms with Crippen molar-refractivity contribution in [2.75, 3.05) is 11.4 Å². The maximum absolute atomic E-state index is 10.9. The van der Waals surface area contributed by atoms with Gasteiger partial charge in [-0.1, -0.05) is 18.2 Å². The molecular formula is C16H19NO2S. The lowest BCUT2D eigenvalue weighted by Gasteiger charge is -2.30. The Hall–Kier alpha value is -1.81. The van der Waals surface area contributed by atoms with Crippen LogP contribution in [0.4, 0.5) is 5.69 Å². The first-order valence-corrected chi connectivity index (χ1v) is 7.49. The summed E-state index contributed by atoms with van der Waals surface area (Å²) in [6.07, 6.45) is 0.142. The van der Waals surface area contributed by atoms with Crippen LogP contribution in [-0.4, -0.2) is 17.6 Å². The number of nitrogens with zero attached hydrogens (tertiary/aromatic N) is 1. The number of benzene rings is 1. The number of carboxylic acid groups (broad SMARTS) is 1. The average molecular weight is 289 g/mol. The average Bonchev–Trinajstić information content (AvgIpc) is 2.86. The summed E-state index contributed by atoms with van der Waals surface area (Å²) in [5.41, 5.74) is 1.06. The minimum Gasteiger partial charge on any atom is -0.481 e. The van der Waals surface area contributed by atoms with Gasteiger partial charge >= 0.3 is 5.97 Å². The van der Waals surface area contributed by atoms with Crippen LogP contribution in [-0.2, 0) is 4.79 Å². The summed E-state index contributed by atoms with van der Waals surface area (Å²) in [7, 11) is 0. The molecule has 2 rings (SSSR count). The first-order chi connectivity index (χ1) is 9.58. The Labute approximate surface area is 123 Å². The second-order valence-corrected chi connectivity index (χ2v) is 6.12. The zero-order chi connectivity index (χ0) is 14.5. The maximum Gasteiger partial charge on any atom is 0.305 e. The number of thiophene rings is 1. The molecule has 0 spiro atoms. The van der Waals surface area contributed by atoms with Crippen LogP contribution < -0.4 is 4.90 Å². The van der Waals surface area contributed by atoms with Gasteiger partial charge in [0.05, 0.1) is 12.5 Å². The number of rotatable bonds is 6. The number of carbonyl (C=O) groups is 1. The van der Waals surface area contributed by atoms with Gasteiger partial charge in [0.1, 0.15) is 0 Å². The van der Waals surface area contributed by atoms with E-state index in [4.69, 9.17) is 5.11 Å². The summed E-state index contributed by atoms with van der Waals surface area (Å²) in [5.74, 6) is -0.763. The largest absolute Gasteiger partial charge is 0.481 e. The molecule has 0 aliphatic rings. The van der Waals surface area contributed by atoms with Crippen LogP contribution >= 0.6 is 11.3 Å². The SMILES string of the molecule is Cc1ccc(C(C)N(CCC(=O)O)c2ccccc2)s1. The molecule has 0 aliphatic carbocycles. The van der Waals surface area contributed by atoms with Crippen LogP contribution in [0.1, 0.15) is 29.1 Å². The van der Waals surface area contributed by atoms with Crippen LogP contribution in [0.25, 0.3) is 0 Å². The highest BCUT2D eigenvalue weighted by atomic mass is 32.1. The highest BCUT2D eigenvalue weighted by Gasteiger charge is 2.18. The molecule has 3 nitrogen and oxygen atoms in total. The maximum atomic E-state index is 10.9. The molecular weight excluding hydrogens is 270 g/mol. The van der Waals surface area contributed by atoms with Crippen molar-refractivity contribution >= 4 is 23.0 Å². The van der Waals surface area contributed by atoms with E-state index in [1.807, 2.05) is 30.3 Å². The quantitative estimate of drug-likeness (QED) is 0.870. The fraction of sp³-hybridized carbons (Fsp3) is 0.312. The molecule has 0 bridgehead atoms.